The predicted octanol–water partition coefficient (Wildman–Crippen LogP) is 5.52. The number of amides is 2. The third-order valence-corrected chi connectivity index (χ3v) is 5.66. The number of carbonyl (C=O) groups is 2. The molecule has 0 saturated carbocycles. The van der Waals surface area contributed by atoms with Gasteiger partial charge in [-0.3, -0.25) is 9.59 Å². The molecule has 1 heterocycles. The minimum Gasteiger partial charge on any atom is -0.479 e. The zero-order valence-corrected chi connectivity index (χ0v) is 18.4. The standard InChI is InChI=1S/C25H23ClN2O3/c1-15-7-8-19(11-16(15)2)24(29)27-21-9-10-23-22(13-21)28(25(30)17(3)31-23)14-18-5-4-6-20(26)12-18/h4-13,17H,14H2,1-3H3,(H,27,29). The first-order valence-corrected chi connectivity index (χ1v) is 10.4. The molecule has 0 spiro atoms. The molecule has 0 aromatic heterocycles. The Morgan fingerprint density at radius 1 is 1.06 bits per heavy atom. The number of halogens is 1. The SMILES string of the molecule is Cc1ccc(C(=O)Nc2ccc3c(c2)N(Cc2cccc(Cl)c2)C(=O)C(C)O3)cc1C. The molecule has 0 bridgehead atoms. The van der Waals surface area contributed by atoms with Crippen molar-refractivity contribution in [3.05, 3.63) is 87.9 Å². The lowest BCUT2D eigenvalue weighted by Crippen LogP contribution is -2.44. The van der Waals surface area contributed by atoms with Crippen molar-refractivity contribution < 1.29 is 14.3 Å². The molecular weight excluding hydrogens is 412 g/mol. The van der Waals surface area contributed by atoms with E-state index in [1.165, 1.54) is 0 Å². The van der Waals surface area contributed by atoms with E-state index in [0.717, 1.165) is 16.7 Å². The Kier molecular flexibility index (Phi) is 5.70. The summed E-state index contributed by atoms with van der Waals surface area (Å²) in [6.07, 6.45) is -0.595. The van der Waals surface area contributed by atoms with Crippen LogP contribution in [-0.4, -0.2) is 17.9 Å². The van der Waals surface area contributed by atoms with Crippen molar-refractivity contribution in [1.29, 1.82) is 0 Å². The van der Waals surface area contributed by atoms with Gasteiger partial charge in [-0.1, -0.05) is 29.8 Å². The van der Waals surface area contributed by atoms with Gasteiger partial charge in [0.2, 0.25) is 0 Å². The van der Waals surface area contributed by atoms with Gasteiger partial charge in [-0.2, -0.15) is 0 Å². The number of carbonyl (C=O) groups excluding carboxylic acids is 2. The van der Waals surface area contributed by atoms with Gasteiger partial charge >= 0.3 is 0 Å². The van der Waals surface area contributed by atoms with Crippen LogP contribution in [0.1, 0.15) is 34.0 Å². The molecule has 3 aromatic carbocycles. The van der Waals surface area contributed by atoms with E-state index in [-0.39, 0.29) is 11.8 Å². The summed E-state index contributed by atoms with van der Waals surface area (Å²) in [4.78, 5) is 27.3. The second-order valence-corrected chi connectivity index (χ2v) is 8.19. The zero-order valence-electron chi connectivity index (χ0n) is 17.6. The van der Waals surface area contributed by atoms with Gasteiger partial charge in [0.25, 0.3) is 11.8 Å². The molecule has 158 valence electrons. The Balaban J connectivity index is 1.63. The van der Waals surface area contributed by atoms with Crippen molar-refractivity contribution >= 4 is 34.8 Å². The van der Waals surface area contributed by atoms with Crippen LogP contribution >= 0.6 is 11.6 Å². The van der Waals surface area contributed by atoms with Gasteiger partial charge in [0, 0.05) is 16.3 Å². The third kappa shape index (κ3) is 4.42. The van der Waals surface area contributed by atoms with Crippen LogP contribution < -0.4 is 15.0 Å². The Morgan fingerprint density at radius 3 is 2.61 bits per heavy atom. The Labute approximate surface area is 186 Å². The van der Waals surface area contributed by atoms with Gasteiger partial charge in [0.15, 0.2) is 6.10 Å². The lowest BCUT2D eigenvalue weighted by molar-refractivity contribution is -0.125. The fourth-order valence-corrected chi connectivity index (χ4v) is 3.76. The molecule has 0 aliphatic carbocycles. The molecule has 1 atom stereocenters. The summed E-state index contributed by atoms with van der Waals surface area (Å²) in [7, 11) is 0. The highest BCUT2D eigenvalue weighted by atomic mass is 35.5. The number of aryl methyl sites for hydroxylation is 2. The van der Waals surface area contributed by atoms with Crippen molar-refractivity contribution in [2.24, 2.45) is 0 Å². The maximum absolute atomic E-state index is 12.9. The molecule has 5 nitrogen and oxygen atoms in total. The highest BCUT2D eigenvalue weighted by molar-refractivity contribution is 6.30. The van der Waals surface area contributed by atoms with Crippen LogP contribution in [0.25, 0.3) is 0 Å². The van der Waals surface area contributed by atoms with Crippen LogP contribution in [0.3, 0.4) is 0 Å². The number of nitrogens with zero attached hydrogens (tertiary/aromatic N) is 1. The highest BCUT2D eigenvalue weighted by Crippen LogP contribution is 2.37. The molecular formula is C25H23ClN2O3. The first-order chi connectivity index (χ1) is 14.8. The average Bonchev–Trinajstić information content (AvgIpc) is 2.74. The predicted molar refractivity (Wildman–Crippen MR) is 123 cm³/mol. The summed E-state index contributed by atoms with van der Waals surface area (Å²) in [6.45, 7) is 6.07. The Morgan fingerprint density at radius 2 is 1.87 bits per heavy atom. The fraction of sp³-hybridized carbons (Fsp3) is 0.200. The number of rotatable bonds is 4. The molecule has 6 heteroatoms. The number of fused-ring (bicyclic) bond motifs is 1. The number of hydrogen-bond donors (Lipinski definition) is 1. The van der Waals surface area contributed by atoms with Gasteiger partial charge in [-0.15, -0.1) is 0 Å². The number of ether oxygens (including phenoxy) is 1. The lowest BCUT2D eigenvalue weighted by Gasteiger charge is -2.33. The van der Waals surface area contributed by atoms with E-state index < -0.39 is 6.10 Å². The van der Waals surface area contributed by atoms with Crippen molar-refractivity contribution in [3.63, 3.8) is 0 Å². The summed E-state index contributed by atoms with van der Waals surface area (Å²) >= 11 is 6.11. The zero-order chi connectivity index (χ0) is 22.1. The third-order valence-electron chi connectivity index (χ3n) is 5.42. The number of benzene rings is 3. The first-order valence-electron chi connectivity index (χ1n) is 10.1. The van der Waals surface area contributed by atoms with E-state index in [2.05, 4.69) is 5.32 Å². The van der Waals surface area contributed by atoms with Crippen molar-refractivity contribution in [1.82, 2.24) is 0 Å². The minimum absolute atomic E-state index is 0.148. The Hall–Kier alpha value is -3.31. The molecule has 1 aliphatic heterocycles. The number of hydrogen-bond acceptors (Lipinski definition) is 3. The van der Waals surface area contributed by atoms with E-state index in [1.807, 2.05) is 44.2 Å². The molecule has 31 heavy (non-hydrogen) atoms. The molecule has 0 radical (unpaired) electrons. The topological polar surface area (TPSA) is 58.6 Å². The van der Waals surface area contributed by atoms with Crippen molar-refractivity contribution in [3.8, 4) is 5.75 Å². The van der Waals surface area contributed by atoms with Gasteiger partial charge in [-0.25, -0.2) is 0 Å². The van der Waals surface area contributed by atoms with Crippen molar-refractivity contribution in [2.45, 2.75) is 33.4 Å². The van der Waals surface area contributed by atoms with Gasteiger partial charge in [-0.05, 0) is 79.9 Å². The second kappa shape index (κ2) is 8.44. The maximum atomic E-state index is 12.9. The molecule has 3 aromatic rings. The molecule has 4 rings (SSSR count). The molecule has 1 N–H and O–H groups in total. The molecule has 0 fully saturated rings. The van der Waals surface area contributed by atoms with Crippen LogP contribution in [-0.2, 0) is 11.3 Å². The summed E-state index contributed by atoms with van der Waals surface area (Å²) in [5.74, 6) is 0.240. The largest absolute Gasteiger partial charge is 0.479 e. The molecule has 0 saturated heterocycles. The summed E-state index contributed by atoms with van der Waals surface area (Å²) in [6, 6.07) is 18.3. The quantitative estimate of drug-likeness (QED) is 0.587. The van der Waals surface area contributed by atoms with E-state index in [1.54, 1.807) is 42.2 Å². The van der Waals surface area contributed by atoms with Crippen LogP contribution in [0.2, 0.25) is 5.02 Å². The van der Waals surface area contributed by atoms with Crippen LogP contribution in [0.5, 0.6) is 5.75 Å². The normalized spacial score (nSPS) is 15.3. The van der Waals surface area contributed by atoms with E-state index >= 15 is 0 Å². The van der Waals surface area contributed by atoms with Gasteiger partial charge < -0.3 is 15.0 Å². The molecule has 1 unspecified atom stereocenters. The number of anilines is 2. The molecule has 2 amide bonds. The highest BCUT2D eigenvalue weighted by Gasteiger charge is 2.32. The van der Waals surface area contributed by atoms with E-state index in [0.29, 0.717) is 34.3 Å². The first kappa shape index (κ1) is 20.9. The maximum Gasteiger partial charge on any atom is 0.268 e. The van der Waals surface area contributed by atoms with Crippen LogP contribution in [0, 0.1) is 13.8 Å². The summed E-state index contributed by atoms with van der Waals surface area (Å²) in [5.41, 5.74) is 4.87. The van der Waals surface area contributed by atoms with E-state index in [9.17, 15) is 9.59 Å². The van der Waals surface area contributed by atoms with Crippen LogP contribution in [0.15, 0.2) is 60.7 Å². The smallest absolute Gasteiger partial charge is 0.268 e. The average molecular weight is 435 g/mol. The Bertz CT molecular complexity index is 1180. The second-order valence-electron chi connectivity index (χ2n) is 7.75. The summed E-state index contributed by atoms with van der Waals surface area (Å²) < 4.78 is 5.78. The number of nitrogens with one attached hydrogen (secondary N) is 1. The fourth-order valence-electron chi connectivity index (χ4n) is 3.55. The monoisotopic (exact) mass is 434 g/mol. The van der Waals surface area contributed by atoms with Gasteiger partial charge in [0.1, 0.15) is 5.75 Å². The minimum atomic E-state index is -0.595. The van der Waals surface area contributed by atoms with Crippen LogP contribution in [0.4, 0.5) is 11.4 Å². The van der Waals surface area contributed by atoms with Gasteiger partial charge in [0.05, 0.1) is 12.2 Å². The molecule has 1 aliphatic rings. The van der Waals surface area contributed by atoms with Crippen molar-refractivity contribution in [2.75, 3.05) is 10.2 Å². The lowest BCUT2D eigenvalue weighted by atomic mass is 10.1. The van der Waals surface area contributed by atoms with E-state index in [4.69, 9.17) is 16.3 Å². The summed E-state index contributed by atoms with van der Waals surface area (Å²) in [5, 5.41) is 3.53.